The van der Waals surface area contributed by atoms with Crippen LogP contribution in [0.3, 0.4) is 0 Å². The van der Waals surface area contributed by atoms with Crippen LogP contribution in [0.5, 0.6) is 0 Å². The molecule has 5 heteroatoms. The number of hydrogen-bond donors (Lipinski definition) is 1. The Hall–Kier alpha value is -2.30. The van der Waals surface area contributed by atoms with Gasteiger partial charge in [-0.05, 0) is 11.6 Å². The summed E-state index contributed by atoms with van der Waals surface area (Å²) >= 11 is 0. The Morgan fingerprint density at radius 3 is 2.79 bits per heavy atom. The second-order valence-electron chi connectivity index (χ2n) is 4.24. The molecule has 4 nitrogen and oxygen atoms in total. The van der Waals surface area contributed by atoms with Crippen LogP contribution in [0.4, 0.5) is 5.82 Å². The number of aromatic nitrogens is 1. The number of hydrogen-bond acceptors (Lipinski definition) is 4. The fraction of sp³-hybridized carbons (Fsp3) is 0.143. The van der Waals surface area contributed by atoms with Crippen LogP contribution >= 0.6 is 0 Å². The first-order valence-electron chi connectivity index (χ1n) is 6.03. The van der Waals surface area contributed by atoms with Gasteiger partial charge in [0, 0.05) is 12.7 Å². The highest BCUT2D eigenvalue weighted by Crippen LogP contribution is 2.13. The molecular formula is C14H15BN2O2. The summed E-state index contributed by atoms with van der Waals surface area (Å²) in [6, 6.07) is 11.7. The van der Waals surface area contributed by atoms with Crippen molar-refractivity contribution in [3.63, 3.8) is 0 Å². The third-order valence-electron chi connectivity index (χ3n) is 2.73. The number of nitrogens with zero attached hydrogens (tertiary/aromatic N) is 1. The van der Waals surface area contributed by atoms with Crippen molar-refractivity contribution in [3.05, 3.63) is 53.7 Å². The van der Waals surface area contributed by atoms with Crippen LogP contribution in [0.25, 0.3) is 0 Å². The largest absolute Gasteiger partial charge is 0.465 e. The summed E-state index contributed by atoms with van der Waals surface area (Å²) in [6.07, 6.45) is 1.72. The molecule has 0 atom stereocenters. The maximum atomic E-state index is 11.7. The molecule has 0 radical (unpaired) electrons. The predicted octanol–water partition coefficient (Wildman–Crippen LogP) is 0.739. The lowest BCUT2D eigenvalue weighted by molar-refractivity contribution is 0.0601. The molecule has 2 rings (SSSR count). The van der Waals surface area contributed by atoms with Gasteiger partial charge < -0.3 is 10.1 Å². The van der Waals surface area contributed by atoms with Crippen molar-refractivity contribution in [2.24, 2.45) is 0 Å². The third kappa shape index (κ3) is 3.34. The molecular weight excluding hydrogens is 239 g/mol. The van der Waals surface area contributed by atoms with Crippen LogP contribution < -0.4 is 10.8 Å². The molecule has 0 unspecified atom stereocenters. The van der Waals surface area contributed by atoms with E-state index < -0.39 is 0 Å². The molecule has 0 saturated carbocycles. The Bertz CT molecular complexity index is 573. The zero-order valence-electron chi connectivity index (χ0n) is 11.0. The Morgan fingerprint density at radius 1 is 1.37 bits per heavy atom. The molecule has 1 heterocycles. The van der Waals surface area contributed by atoms with E-state index in [0.717, 1.165) is 11.0 Å². The van der Waals surface area contributed by atoms with Gasteiger partial charge in [-0.25, -0.2) is 9.78 Å². The average Bonchev–Trinajstić information content (AvgIpc) is 2.46. The number of carbonyl (C=O) groups is 1. The first kappa shape index (κ1) is 13.1. The summed E-state index contributed by atoms with van der Waals surface area (Å²) in [5.41, 5.74) is 2.50. The first-order valence-corrected chi connectivity index (χ1v) is 6.03. The standard InChI is InChI=1S/C14H15BN2O2/c1-19-14(18)12-7-11(15)9-17-13(12)16-8-10-5-3-2-4-6-10/h2-7,9H,8,15H2,1H3,(H,16,17). The van der Waals surface area contributed by atoms with E-state index >= 15 is 0 Å². The predicted molar refractivity (Wildman–Crippen MR) is 77.5 cm³/mol. The lowest BCUT2D eigenvalue weighted by atomic mass is 9.97. The molecule has 96 valence electrons. The Labute approximate surface area is 113 Å². The van der Waals surface area contributed by atoms with Gasteiger partial charge in [0.15, 0.2) is 0 Å². The molecule has 1 aromatic heterocycles. The fourth-order valence-corrected chi connectivity index (χ4v) is 1.76. The molecule has 0 saturated heterocycles. The molecule has 1 aromatic carbocycles. The maximum absolute atomic E-state index is 11.7. The van der Waals surface area contributed by atoms with Gasteiger partial charge in [-0.15, -0.1) is 0 Å². The highest BCUT2D eigenvalue weighted by Gasteiger charge is 2.13. The Kier molecular flexibility index (Phi) is 4.18. The van der Waals surface area contributed by atoms with Crippen LogP contribution in [0.2, 0.25) is 0 Å². The average molecular weight is 254 g/mol. The van der Waals surface area contributed by atoms with Gasteiger partial charge in [0.05, 0.1) is 7.11 Å². The van der Waals surface area contributed by atoms with E-state index in [1.807, 2.05) is 38.2 Å². The second-order valence-corrected chi connectivity index (χ2v) is 4.24. The van der Waals surface area contributed by atoms with Crippen molar-refractivity contribution in [1.82, 2.24) is 4.98 Å². The van der Waals surface area contributed by atoms with Gasteiger partial charge in [-0.2, -0.15) is 0 Å². The smallest absolute Gasteiger partial charge is 0.341 e. The highest BCUT2D eigenvalue weighted by molar-refractivity contribution is 6.32. The molecule has 0 aliphatic rings. The number of ether oxygens (including phenoxy) is 1. The SMILES string of the molecule is Bc1cnc(NCc2ccccc2)c(C(=O)OC)c1. The van der Waals surface area contributed by atoms with Crippen molar-refractivity contribution in [2.45, 2.75) is 6.54 Å². The number of pyridine rings is 1. The van der Waals surface area contributed by atoms with Crippen LogP contribution in [-0.2, 0) is 11.3 Å². The maximum Gasteiger partial charge on any atom is 0.341 e. The Morgan fingerprint density at radius 2 is 2.11 bits per heavy atom. The molecule has 0 aliphatic carbocycles. The molecule has 0 fully saturated rings. The van der Waals surface area contributed by atoms with Crippen LogP contribution in [0.1, 0.15) is 15.9 Å². The molecule has 0 bridgehead atoms. The van der Waals surface area contributed by atoms with Gasteiger partial charge in [0.2, 0.25) is 0 Å². The highest BCUT2D eigenvalue weighted by atomic mass is 16.5. The summed E-state index contributed by atoms with van der Waals surface area (Å²) in [5.74, 6) is 0.160. The zero-order chi connectivity index (χ0) is 13.7. The number of carbonyl (C=O) groups excluding carboxylic acids is 1. The van der Waals surface area contributed by atoms with Gasteiger partial charge >= 0.3 is 5.97 Å². The van der Waals surface area contributed by atoms with E-state index in [9.17, 15) is 4.79 Å². The van der Waals surface area contributed by atoms with Crippen LogP contribution in [0, 0.1) is 0 Å². The van der Waals surface area contributed by atoms with Crippen molar-refractivity contribution in [3.8, 4) is 0 Å². The number of benzene rings is 1. The zero-order valence-corrected chi connectivity index (χ0v) is 11.0. The number of nitrogens with one attached hydrogen (secondary N) is 1. The molecule has 2 aromatic rings. The summed E-state index contributed by atoms with van der Waals surface area (Å²) in [5, 5.41) is 3.16. The fourth-order valence-electron chi connectivity index (χ4n) is 1.76. The van der Waals surface area contributed by atoms with Gasteiger partial charge in [0.1, 0.15) is 19.2 Å². The van der Waals surface area contributed by atoms with E-state index in [2.05, 4.69) is 10.3 Å². The van der Waals surface area contributed by atoms with Crippen molar-refractivity contribution >= 4 is 25.1 Å². The molecule has 0 aliphatic heterocycles. The van der Waals surface area contributed by atoms with E-state index in [1.54, 1.807) is 12.3 Å². The lowest BCUT2D eigenvalue weighted by Crippen LogP contribution is -2.15. The van der Waals surface area contributed by atoms with Crippen LogP contribution in [-0.4, -0.2) is 25.9 Å². The number of anilines is 1. The summed E-state index contributed by atoms with van der Waals surface area (Å²) < 4.78 is 4.77. The Balaban J connectivity index is 2.18. The van der Waals surface area contributed by atoms with Crippen molar-refractivity contribution in [2.75, 3.05) is 12.4 Å². The second kappa shape index (κ2) is 6.04. The monoisotopic (exact) mass is 254 g/mol. The third-order valence-corrected chi connectivity index (χ3v) is 2.73. The summed E-state index contributed by atoms with van der Waals surface area (Å²) in [6.45, 7) is 0.612. The van der Waals surface area contributed by atoms with Crippen molar-refractivity contribution in [1.29, 1.82) is 0 Å². The quantitative estimate of drug-likeness (QED) is 0.645. The number of esters is 1. The van der Waals surface area contributed by atoms with Crippen LogP contribution in [0.15, 0.2) is 42.6 Å². The van der Waals surface area contributed by atoms with E-state index in [-0.39, 0.29) is 5.97 Å². The molecule has 0 amide bonds. The number of rotatable bonds is 4. The minimum atomic E-state index is -0.383. The summed E-state index contributed by atoms with van der Waals surface area (Å²) in [7, 11) is 3.26. The van der Waals surface area contributed by atoms with Gasteiger partial charge in [-0.3, -0.25) is 0 Å². The van der Waals surface area contributed by atoms with Crippen molar-refractivity contribution < 1.29 is 9.53 Å². The first-order chi connectivity index (χ1) is 9.20. The molecule has 1 N–H and O–H groups in total. The summed E-state index contributed by atoms with van der Waals surface area (Å²) in [4.78, 5) is 15.9. The van der Waals surface area contributed by atoms with E-state index in [1.165, 1.54) is 7.11 Å². The van der Waals surface area contributed by atoms with Gasteiger partial charge in [-0.1, -0.05) is 35.8 Å². The molecule has 0 spiro atoms. The minimum Gasteiger partial charge on any atom is -0.465 e. The lowest BCUT2D eigenvalue weighted by Gasteiger charge is -2.10. The van der Waals surface area contributed by atoms with E-state index in [4.69, 9.17) is 4.74 Å². The minimum absolute atomic E-state index is 0.383. The molecule has 19 heavy (non-hydrogen) atoms. The normalized spacial score (nSPS) is 9.95. The topological polar surface area (TPSA) is 51.2 Å². The van der Waals surface area contributed by atoms with E-state index in [0.29, 0.717) is 17.9 Å². The van der Waals surface area contributed by atoms with Gasteiger partial charge in [0.25, 0.3) is 0 Å². The number of methoxy groups -OCH3 is 1.